The van der Waals surface area contributed by atoms with Crippen molar-refractivity contribution in [1.82, 2.24) is 4.90 Å². The lowest BCUT2D eigenvalue weighted by molar-refractivity contribution is 0.196. The molecule has 1 heteroatoms. The Labute approximate surface area is 140 Å². The van der Waals surface area contributed by atoms with E-state index in [1.54, 1.807) is 0 Å². The number of piperidine rings is 1. The van der Waals surface area contributed by atoms with E-state index >= 15 is 0 Å². The normalized spacial score (nSPS) is 17.0. The molecule has 0 N–H and O–H groups in total. The van der Waals surface area contributed by atoms with Crippen LogP contribution in [0, 0.1) is 19.8 Å². The molecule has 1 fully saturated rings. The maximum atomic E-state index is 2.58. The third-order valence-electron chi connectivity index (χ3n) is 4.69. The highest BCUT2D eigenvalue weighted by atomic mass is 15.1. The summed E-state index contributed by atoms with van der Waals surface area (Å²) in [6.07, 6.45) is 7.29. The quantitative estimate of drug-likeness (QED) is 0.747. The van der Waals surface area contributed by atoms with Crippen molar-refractivity contribution in [3.05, 3.63) is 76.9 Å². The Bertz CT molecular complexity index is 629. The molecule has 0 unspecified atom stereocenters. The van der Waals surface area contributed by atoms with Gasteiger partial charge in [-0.25, -0.2) is 0 Å². The smallest absolute Gasteiger partial charge is 0.0233 e. The molecule has 1 nitrogen and oxygen atoms in total. The molecule has 2 aromatic rings. The Morgan fingerprint density at radius 3 is 2.26 bits per heavy atom. The fourth-order valence-corrected chi connectivity index (χ4v) is 3.50. The van der Waals surface area contributed by atoms with Gasteiger partial charge in [0, 0.05) is 6.54 Å². The van der Waals surface area contributed by atoms with Crippen LogP contribution in [0.5, 0.6) is 0 Å². The largest absolute Gasteiger partial charge is 0.299 e. The molecular formula is C22H27N. The van der Waals surface area contributed by atoms with Crippen molar-refractivity contribution in [3.63, 3.8) is 0 Å². The number of hydrogen-bond donors (Lipinski definition) is 0. The SMILES string of the molecule is Cc1cc(C)cc(/C=C/C2CCN(Cc3ccccc3)CC2)c1. The predicted molar refractivity (Wildman–Crippen MR) is 99.4 cm³/mol. The van der Waals surface area contributed by atoms with Crippen LogP contribution in [0.4, 0.5) is 0 Å². The van der Waals surface area contributed by atoms with Gasteiger partial charge in [-0.15, -0.1) is 0 Å². The summed E-state index contributed by atoms with van der Waals surface area (Å²) >= 11 is 0. The molecule has 0 radical (unpaired) electrons. The lowest BCUT2D eigenvalue weighted by Gasteiger charge is -2.30. The number of hydrogen-bond acceptors (Lipinski definition) is 1. The van der Waals surface area contributed by atoms with Gasteiger partial charge in [0.05, 0.1) is 0 Å². The van der Waals surface area contributed by atoms with E-state index in [9.17, 15) is 0 Å². The van der Waals surface area contributed by atoms with Gasteiger partial charge in [-0.3, -0.25) is 4.90 Å². The number of nitrogens with zero attached hydrogens (tertiary/aromatic N) is 1. The summed E-state index contributed by atoms with van der Waals surface area (Å²) in [6, 6.07) is 17.6. The van der Waals surface area contributed by atoms with Crippen molar-refractivity contribution in [3.8, 4) is 0 Å². The van der Waals surface area contributed by atoms with Crippen LogP contribution in [0.25, 0.3) is 6.08 Å². The van der Waals surface area contributed by atoms with Crippen LogP contribution >= 0.6 is 0 Å². The Balaban J connectivity index is 1.52. The van der Waals surface area contributed by atoms with Crippen molar-refractivity contribution in [2.24, 2.45) is 5.92 Å². The molecule has 1 saturated heterocycles. The van der Waals surface area contributed by atoms with E-state index in [1.807, 2.05) is 0 Å². The maximum Gasteiger partial charge on any atom is 0.0233 e. The first-order valence-electron chi connectivity index (χ1n) is 8.72. The highest BCUT2D eigenvalue weighted by molar-refractivity contribution is 5.52. The molecule has 0 bridgehead atoms. The van der Waals surface area contributed by atoms with E-state index < -0.39 is 0 Å². The molecular weight excluding hydrogens is 278 g/mol. The minimum Gasteiger partial charge on any atom is -0.299 e. The predicted octanol–water partition coefficient (Wildman–Crippen LogP) is 5.23. The summed E-state index contributed by atoms with van der Waals surface area (Å²) in [5.74, 6) is 0.725. The average molecular weight is 305 g/mol. The minimum absolute atomic E-state index is 0.725. The topological polar surface area (TPSA) is 3.24 Å². The Morgan fingerprint density at radius 2 is 1.61 bits per heavy atom. The Kier molecular flexibility index (Phi) is 5.30. The molecule has 120 valence electrons. The zero-order valence-electron chi connectivity index (χ0n) is 14.3. The second-order valence-electron chi connectivity index (χ2n) is 6.88. The van der Waals surface area contributed by atoms with E-state index in [4.69, 9.17) is 0 Å². The second-order valence-corrected chi connectivity index (χ2v) is 6.88. The molecule has 0 aliphatic carbocycles. The first-order chi connectivity index (χ1) is 11.2. The van der Waals surface area contributed by atoms with Gasteiger partial charge < -0.3 is 0 Å². The summed E-state index contributed by atoms with van der Waals surface area (Å²) in [5.41, 5.74) is 5.47. The summed E-state index contributed by atoms with van der Waals surface area (Å²) in [5, 5.41) is 0. The summed E-state index contributed by atoms with van der Waals surface area (Å²) in [7, 11) is 0. The zero-order chi connectivity index (χ0) is 16.1. The van der Waals surface area contributed by atoms with Crippen molar-refractivity contribution < 1.29 is 0 Å². The van der Waals surface area contributed by atoms with E-state index in [-0.39, 0.29) is 0 Å². The highest BCUT2D eigenvalue weighted by Gasteiger charge is 2.17. The standard InChI is InChI=1S/C22H27N/c1-18-14-19(2)16-22(15-18)9-8-20-10-12-23(13-11-20)17-21-6-4-3-5-7-21/h3-9,14-16,20H,10-13,17H2,1-2H3/b9-8+. The average Bonchev–Trinajstić information content (AvgIpc) is 2.54. The number of rotatable bonds is 4. The van der Waals surface area contributed by atoms with E-state index in [0.29, 0.717) is 0 Å². The van der Waals surface area contributed by atoms with Gasteiger partial charge in [0.15, 0.2) is 0 Å². The number of allylic oxidation sites excluding steroid dienone is 1. The minimum atomic E-state index is 0.725. The molecule has 23 heavy (non-hydrogen) atoms. The fraction of sp³-hybridized carbons (Fsp3) is 0.364. The third kappa shape index (κ3) is 4.80. The second kappa shape index (κ2) is 7.61. The zero-order valence-corrected chi connectivity index (χ0v) is 14.3. The highest BCUT2D eigenvalue weighted by Crippen LogP contribution is 2.21. The van der Waals surface area contributed by atoms with Crippen molar-refractivity contribution in [2.75, 3.05) is 13.1 Å². The van der Waals surface area contributed by atoms with Gasteiger partial charge in [-0.2, -0.15) is 0 Å². The van der Waals surface area contributed by atoms with Crippen LogP contribution in [0.1, 0.15) is 35.1 Å². The van der Waals surface area contributed by atoms with Gasteiger partial charge in [0.25, 0.3) is 0 Å². The van der Waals surface area contributed by atoms with Crippen LogP contribution in [-0.4, -0.2) is 18.0 Å². The Morgan fingerprint density at radius 1 is 0.957 bits per heavy atom. The number of aryl methyl sites for hydroxylation is 2. The summed E-state index contributed by atoms with van der Waals surface area (Å²) in [6.45, 7) is 7.85. The Hall–Kier alpha value is -1.86. The van der Waals surface area contributed by atoms with Crippen LogP contribution in [0.15, 0.2) is 54.6 Å². The fourth-order valence-electron chi connectivity index (χ4n) is 3.50. The van der Waals surface area contributed by atoms with Crippen molar-refractivity contribution in [1.29, 1.82) is 0 Å². The molecule has 3 rings (SSSR count). The van der Waals surface area contributed by atoms with E-state index in [1.165, 1.54) is 48.2 Å². The van der Waals surface area contributed by atoms with Crippen molar-refractivity contribution in [2.45, 2.75) is 33.2 Å². The van der Waals surface area contributed by atoms with Crippen molar-refractivity contribution >= 4 is 6.08 Å². The molecule has 0 spiro atoms. The van der Waals surface area contributed by atoms with Crippen LogP contribution in [0.3, 0.4) is 0 Å². The van der Waals surface area contributed by atoms with Crippen LogP contribution in [-0.2, 0) is 6.54 Å². The van der Waals surface area contributed by atoms with E-state index in [0.717, 1.165) is 12.5 Å². The first-order valence-corrected chi connectivity index (χ1v) is 8.72. The molecule has 1 aliphatic rings. The van der Waals surface area contributed by atoms with Gasteiger partial charge in [-0.1, -0.05) is 71.8 Å². The number of benzene rings is 2. The lowest BCUT2D eigenvalue weighted by atomic mass is 9.95. The monoisotopic (exact) mass is 305 g/mol. The molecule has 1 heterocycles. The van der Waals surface area contributed by atoms with Gasteiger partial charge >= 0.3 is 0 Å². The number of likely N-dealkylation sites (tertiary alicyclic amines) is 1. The molecule has 0 atom stereocenters. The van der Waals surface area contributed by atoms with E-state index in [2.05, 4.69) is 79.4 Å². The van der Waals surface area contributed by atoms with Gasteiger partial charge in [-0.05, 0) is 56.8 Å². The van der Waals surface area contributed by atoms with Gasteiger partial charge in [0.2, 0.25) is 0 Å². The third-order valence-corrected chi connectivity index (χ3v) is 4.69. The summed E-state index contributed by atoms with van der Waals surface area (Å²) in [4.78, 5) is 2.58. The van der Waals surface area contributed by atoms with Crippen LogP contribution in [0.2, 0.25) is 0 Å². The van der Waals surface area contributed by atoms with Crippen LogP contribution < -0.4 is 0 Å². The summed E-state index contributed by atoms with van der Waals surface area (Å²) < 4.78 is 0. The molecule has 1 aliphatic heterocycles. The van der Waals surface area contributed by atoms with Gasteiger partial charge in [0.1, 0.15) is 0 Å². The molecule has 2 aromatic carbocycles. The lowest BCUT2D eigenvalue weighted by Crippen LogP contribution is -2.32. The molecule has 0 aromatic heterocycles. The first kappa shape index (κ1) is 16.0. The maximum absolute atomic E-state index is 2.58. The molecule has 0 amide bonds. The molecule has 0 saturated carbocycles.